The van der Waals surface area contributed by atoms with Gasteiger partial charge in [-0.15, -0.1) is 6.58 Å². The van der Waals surface area contributed by atoms with Gasteiger partial charge in [-0.1, -0.05) is 48.5 Å². The Morgan fingerprint density at radius 1 is 1.00 bits per heavy atom. The number of piperidine rings is 1. The summed E-state index contributed by atoms with van der Waals surface area (Å²) in [5.74, 6) is -0.0504. The standard InChI is InChI=1S/C24H30N4O2/c1-2-15-26-24(30)27-20-13-17-28(18-14-20)22-11-7-6-10-21(22)23(29)25-16-12-19-8-4-3-5-9-19/h2-11,20H,1,12-18H2,(H,25,29)(H2,26,27,30). The Bertz CT molecular complexity index is 845. The number of hydrogen-bond acceptors (Lipinski definition) is 3. The van der Waals surface area contributed by atoms with Crippen LogP contribution in [0.25, 0.3) is 0 Å². The summed E-state index contributed by atoms with van der Waals surface area (Å²) in [6.07, 6.45) is 4.14. The van der Waals surface area contributed by atoms with E-state index in [1.807, 2.05) is 42.5 Å². The number of nitrogens with zero attached hydrogens (tertiary/aromatic N) is 1. The number of anilines is 1. The number of amides is 3. The highest BCUT2D eigenvalue weighted by atomic mass is 16.2. The third-order valence-electron chi connectivity index (χ3n) is 5.27. The SMILES string of the molecule is C=CCNC(=O)NC1CCN(c2ccccc2C(=O)NCCc2ccccc2)CC1. The van der Waals surface area contributed by atoms with Crippen molar-refractivity contribution < 1.29 is 9.59 Å². The quantitative estimate of drug-likeness (QED) is 0.590. The molecule has 0 aromatic heterocycles. The highest BCUT2D eigenvalue weighted by molar-refractivity contribution is 5.99. The zero-order valence-electron chi connectivity index (χ0n) is 17.3. The van der Waals surface area contributed by atoms with Crippen LogP contribution in [0.1, 0.15) is 28.8 Å². The summed E-state index contributed by atoms with van der Waals surface area (Å²) >= 11 is 0. The fourth-order valence-electron chi connectivity index (χ4n) is 3.67. The van der Waals surface area contributed by atoms with Gasteiger partial charge in [0.2, 0.25) is 0 Å². The van der Waals surface area contributed by atoms with Gasteiger partial charge in [-0.25, -0.2) is 4.79 Å². The van der Waals surface area contributed by atoms with Gasteiger partial charge in [0.1, 0.15) is 0 Å². The largest absolute Gasteiger partial charge is 0.371 e. The fourth-order valence-corrected chi connectivity index (χ4v) is 3.67. The van der Waals surface area contributed by atoms with Crippen molar-refractivity contribution in [2.24, 2.45) is 0 Å². The first kappa shape index (κ1) is 21.4. The monoisotopic (exact) mass is 406 g/mol. The molecule has 1 fully saturated rings. The molecule has 158 valence electrons. The van der Waals surface area contributed by atoms with Crippen molar-refractivity contribution >= 4 is 17.6 Å². The summed E-state index contributed by atoms with van der Waals surface area (Å²) < 4.78 is 0. The molecule has 1 saturated heterocycles. The van der Waals surface area contributed by atoms with Crippen LogP contribution >= 0.6 is 0 Å². The maximum atomic E-state index is 12.8. The molecule has 0 radical (unpaired) electrons. The average Bonchev–Trinajstić information content (AvgIpc) is 2.79. The molecule has 6 heteroatoms. The van der Waals surface area contributed by atoms with Crippen molar-refractivity contribution in [1.82, 2.24) is 16.0 Å². The molecule has 0 saturated carbocycles. The van der Waals surface area contributed by atoms with Crippen molar-refractivity contribution in [1.29, 1.82) is 0 Å². The maximum Gasteiger partial charge on any atom is 0.315 e. The van der Waals surface area contributed by atoms with Crippen LogP contribution < -0.4 is 20.9 Å². The minimum Gasteiger partial charge on any atom is -0.371 e. The number of carbonyl (C=O) groups is 2. The van der Waals surface area contributed by atoms with Gasteiger partial charge in [-0.2, -0.15) is 0 Å². The summed E-state index contributed by atoms with van der Waals surface area (Å²) in [4.78, 5) is 26.9. The first-order valence-corrected chi connectivity index (χ1v) is 10.5. The van der Waals surface area contributed by atoms with Gasteiger partial charge in [0.25, 0.3) is 5.91 Å². The molecule has 2 aromatic carbocycles. The first-order chi connectivity index (χ1) is 14.7. The van der Waals surface area contributed by atoms with E-state index in [4.69, 9.17) is 0 Å². The van der Waals surface area contributed by atoms with E-state index in [1.165, 1.54) is 5.56 Å². The fraction of sp³-hybridized carbons (Fsp3) is 0.333. The van der Waals surface area contributed by atoms with Crippen LogP contribution in [-0.4, -0.2) is 44.2 Å². The van der Waals surface area contributed by atoms with Crippen molar-refractivity contribution in [2.45, 2.75) is 25.3 Å². The molecule has 0 unspecified atom stereocenters. The summed E-state index contributed by atoms with van der Waals surface area (Å²) in [6.45, 7) is 6.24. The zero-order chi connectivity index (χ0) is 21.2. The van der Waals surface area contributed by atoms with E-state index in [0.29, 0.717) is 18.7 Å². The third kappa shape index (κ3) is 6.11. The molecule has 0 atom stereocenters. The summed E-state index contributed by atoms with van der Waals surface area (Å²) in [5, 5.41) is 8.79. The van der Waals surface area contributed by atoms with Crippen LogP contribution in [0.15, 0.2) is 67.3 Å². The van der Waals surface area contributed by atoms with Crippen molar-refractivity contribution in [2.75, 3.05) is 31.1 Å². The second-order valence-corrected chi connectivity index (χ2v) is 7.41. The number of hydrogen-bond donors (Lipinski definition) is 3. The van der Waals surface area contributed by atoms with Gasteiger partial charge in [0.05, 0.1) is 5.56 Å². The molecule has 3 amide bonds. The third-order valence-corrected chi connectivity index (χ3v) is 5.27. The van der Waals surface area contributed by atoms with Crippen LogP contribution in [-0.2, 0) is 6.42 Å². The second-order valence-electron chi connectivity index (χ2n) is 7.41. The van der Waals surface area contributed by atoms with E-state index in [1.54, 1.807) is 6.08 Å². The molecule has 30 heavy (non-hydrogen) atoms. The van der Waals surface area contributed by atoms with E-state index in [2.05, 4.69) is 39.6 Å². The van der Waals surface area contributed by atoms with Crippen LogP contribution in [0.4, 0.5) is 10.5 Å². The number of urea groups is 1. The van der Waals surface area contributed by atoms with Crippen LogP contribution in [0, 0.1) is 0 Å². The Labute approximate surface area is 178 Å². The molecule has 0 aliphatic carbocycles. The lowest BCUT2D eigenvalue weighted by atomic mass is 10.0. The number of nitrogens with one attached hydrogen (secondary N) is 3. The topological polar surface area (TPSA) is 73.5 Å². The zero-order valence-corrected chi connectivity index (χ0v) is 17.3. The Kier molecular flexibility index (Phi) is 7.89. The van der Waals surface area contributed by atoms with E-state index in [9.17, 15) is 9.59 Å². The first-order valence-electron chi connectivity index (χ1n) is 10.5. The Balaban J connectivity index is 1.53. The number of benzene rings is 2. The molecular formula is C24H30N4O2. The Morgan fingerprint density at radius 2 is 1.70 bits per heavy atom. The Hall–Kier alpha value is -3.28. The van der Waals surface area contributed by atoms with E-state index in [-0.39, 0.29) is 18.0 Å². The van der Waals surface area contributed by atoms with Crippen LogP contribution in [0.3, 0.4) is 0 Å². The minimum absolute atomic E-state index is 0.0504. The molecule has 6 nitrogen and oxygen atoms in total. The summed E-state index contributed by atoms with van der Waals surface area (Å²) in [7, 11) is 0. The number of rotatable bonds is 8. The van der Waals surface area contributed by atoms with Crippen LogP contribution in [0.2, 0.25) is 0 Å². The normalized spacial score (nSPS) is 14.1. The average molecular weight is 407 g/mol. The van der Waals surface area contributed by atoms with E-state index >= 15 is 0 Å². The van der Waals surface area contributed by atoms with Gasteiger partial charge in [0, 0.05) is 37.9 Å². The molecule has 1 aliphatic rings. The molecule has 1 heterocycles. The molecule has 1 aliphatic heterocycles. The number of para-hydroxylation sites is 1. The van der Waals surface area contributed by atoms with Crippen molar-refractivity contribution in [3.05, 3.63) is 78.4 Å². The summed E-state index contributed by atoms with van der Waals surface area (Å²) in [5.41, 5.74) is 2.85. The molecule has 3 N–H and O–H groups in total. The van der Waals surface area contributed by atoms with E-state index < -0.39 is 0 Å². The molecule has 2 aromatic rings. The minimum atomic E-state index is -0.161. The smallest absolute Gasteiger partial charge is 0.315 e. The van der Waals surface area contributed by atoms with Gasteiger partial charge in [-0.05, 0) is 37.0 Å². The number of carbonyl (C=O) groups excluding carboxylic acids is 2. The molecule has 0 bridgehead atoms. The Morgan fingerprint density at radius 3 is 2.43 bits per heavy atom. The van der Waals surface area contributed by atoms with Gasteiger partial charge in [-0.3, -0.25) is 4.79 Å². The lowest BCUT2D eigenvalue weighted by Crippen LogP contribution is -2.48. The summed E-state index contributed by atoms with van der Waals surface area (Å²) in [6, 6.07) is 17.8. The molecular weight excluding hydrogens is 376 g/mol. The highest BCUT2D eigenvalue weighted by Gasteiger charge is 2.23. The van der Waals surface area contributed by atoms with E-state index in [0.717, 1.165) is 38.0 Å². The lowest BCUT2D eigenvalue weighted by molar-refractivity contribution is 0.0954. The highest BCUT2D eigenvalue weighted by Crippen LogP contribution is 2.24. The predicted octanol–water partition coefficient (Wildman–Crippen LogP) is 3.11. The van der Waals surface area contributed by atoms with Gasteiger partial charge < -0.3 is 20.9 Å². The predicted molar refractivity (Wildman–Crippen MR) is 121 cm³/mol. The van der Waals surface area contributed by atoms with Gasteiger partial charge in [0.15, 0.2) is 0 Å². The lowest BCUT2D eigenvalue weighted by Gasteiger charge is -2.34. The van der Waals surface area contributed by atoms with Gasteiger partial charge >= 0.3 is 6.03 Å². The maximum absolute atomic E-state index is 12.8. The van der Waals surface area contributed by atoms with Crippen molar-refractivity contribution in [3.63, 3.8) is 0 Å². The van der Waals surface area contributed by atoms with Crippen LogP contribution in [0.5, 0.6) is 0 Å². The molecule has 3 rings (SSSR count). The second kappa shape index (κ2) is 11.0. The molecule has 0 spiro atoms. The van der Waals surface area contributed by atoms with Crippen molar-refractivity contribution in [3.8, 4) is 0 Å².